The summed E-state index contributed by atoms with van der Waals surface area (Å²) in [5.74, 6) is 0. The second kappa shape index (κ2) is 7.75. The van der Waals surface area contributed by atoms with Gasteiger partial charge in [0, 0.05) is 0 Å². The van der Waals surface area contributed by atoms with Gasteiger partial charge < -0.3 is 0 Å². The standard InChI is InChI=1S/C14H11Br9/c15-10(7-6-9-4-2-1-3-5-9)8-11(16,17)13(20,21)14(22,23)12(10,18)19/h1-5H,6-8H2. The predicted molar refractivity (Wildman–Crippen MR) is 133 cm³/mol. The molecule has 1 atom stereocenters. The highest BCUT2D eigenvalue weighted by Crippen LogP contribution is 2.76. The third kappa shape index (κ3) is 3.99. The Kier molecular flexibility index (Phi) is 7.69. The molecule has 1 saturated carbocycles. The third-order valence-electron chi connectivity index (χ3n) is 3.97. The molecule has 23 heavy (non-hydrogen) atoms. The first-order valence-corrected chi connectivity index (χ1v) is 13.7. The first-order chi connectivity index (χ1) is 10.3. The molecule has 0 radical (unpaired) electrons. The monoisotopic (exact) mass is 889 g/mol. The molecule has 0 saturated heterocycles. The van der Waals surface area contributed by atoms with Crippen molar-refractivity contribution in [3.05, 3.63) is 35.9 Å². The second-order valence-electron chi connectivity index (χ2n) is 5.56. The Labute approximate surface area is 212 Å². The molecule has 1 aliphatic carbocycles. The molecule has 0 spiro atoms. The number of alkyl halides is 9. The first kappa shape index (κ1) is 22.8. The largest absolute Gasteiger partial charge is 0.134 e. The third-order valence-corrected chi connectivity index (χ3v) is 22.1. The Morgan fingerprint density at radius 3 is 1.74 bits per heavy atom. The Hall–Kier alpha value is 3.54. The molecule has 0 aliphatic heterocycles. The summed E-state index contributed by atoms with van der Waals surface area (Å²) in [7, 11) is 0. The van der Waals surface area contributed by atoms with Crippen LogP contribution in [-0.4, -0.2) is 17.3 Å². The number of halogens is 9. The molecule has 1 aliphatic rings. The minimum atomic E-state index is -0.564. The SMILES string of the molecule is BrC1(Br)CC(Br)(CCc2ccccc2)C(Br)(Br)C(Br)(Br)C1(Br)Br. The average Bonchev–Trinajstić information content (AvgIpc) is 2.44. The van der Waals surface area contributed by atoms with Gasteiger partial charge in [-0.15, -0.1) is 0 Å². The fourth-order valence-corrected chi connectivity index (χ4v) is 12.0. The Morgan fingerprint density at radius 2 is 1.22 bits per heavy atom. The summed E-state index contributed by atoms with van der Waals surface area (Å²) in [5, 5.41) is 0. The lowest BCUT2D eigenvalue weighted by Crippen LogP contribution is -2.69. The quantitative estimate of drug-likeness (QED) is 0.266. The Balaban J connectivity index is 2.37. The van der Waals surface area contributed by atoms with E-state index in [0.29, 0.717) is 0 Å². The number of rotatable bonds is 3. The van der Waals surface area contributed by atoms with Gasteiger partial charge >= 0.3 is 0 Å². The fourth-order valence-electron chi connectivity index (χ4n) is 2.51. The molecule has 0 heterocycles. The zero-order chi connectivity index (χ0) is 17.7. The van der Waals surface area contributed by atoms with E-state index >= 15 is 0 Å². The maximum Gasteiger partial charge on any atom is 0.134 e. The lowest BCUT2D eigenvalue weighted by Gasteiger charge is -2.60. The maximum atomic E-state index is 4.02. The van der Waals surface area contributed by atoms with Crippen LogP contribution in [0.1, 0.15) is 18.4 Å². The number of benzene rings is 1. The van der Waals surface area contributed by atoms with Crippen molar-refractivity contribution >= 4 is 143 Å². The van der Waals surface area contributed by atoms with Gasteiger partial charge in [0.05, 0.1) is 4.32 Å². The molecule has 0 nitrogen and oxygen atoms in total. The Morgan fingerprint density at radius 1 is 0.696 bits per heavy atom. The summed E-state index contributed by atoms with van der Waals surface area (Å²) in [6.45, 7) is 0. The summed E-state index contributed by atoms with van der Waals surface area (Å²) in [6, 6.07) is 10.5. The average molecular weight is 898 g/mol. The van der Waals surface area contributed by atoms with E-state index in [1.165, 1.54) is 5.56 Å². The van der Waals surface area contributed by atoms with Gasteiger partial charge in [-0.25, -0.2) is 0 Å². The molecular formula is C14H11Br9. The van der Waals surface area contributed by atoms with Crippen molar-refractivity contribution in [2.45, 2.75) is 36.5 Å². The van der Waals surface area contributed by atoms with Gasteiger partial charge in [-0.05, 0) is 24.8 Å². The van der Waals surface area contributed by atoms with Crippen LogP contribution in [0.2, 0.25) is 0 Å². The van der Waals surface area contributed by atoms with E-state index in [2.05, 4.69) is 168 Å². The number of hydrogen-bond donors (Lipinski definition) is 0. The van der Waals surface area contributed by atoms with Crippen molar-refractivity contribution in [3.8, 4) is 0 Å². The molecular weight excluding hydrogens is 887 g/mol. The van der Waals surface area contributed by atoms with Crippen LogP contribution in [0.3, 0.4) is 0 Å². The van der Waals surface area contributed by atoms with Crippen LogP contribution < -0.4 is 0 Å². The van der Waals surface area contributed by atoms with E-state index in [0.717, 1.165) is 19.3 Å². The van der Waals surface area contributed by atoms with Crippen LogP contribution in [0.4, 0.5) is 0 Å². The van der Waals surface area contributed by atoms with Crippen LogP contribution >= 0.6 is 143 Å². The van der Waals surface area contributed by atoms with Gasteiger partial charge in [0.2, 0.25) is 0 Å². The smallest absolute Gasteiger partial charge is 0.0827 e. The molecule has 1 aromatic carbocycles. The van der Waals surface area contributed by atoms with E-state index in [4.69, 9.17) is 0 Å². The molecule has 1 fully saturated rings. The van der Waals surface area contributed by atoms with Crippen LogP contribution in [0.25, 0.3) is 0 Å². The highest BCUT2D eigenvalue weighted by Gasteiger charge is 2.75. The lowest BCUT2D eigenvalue weighted by atomic mass is 9.84. The minimum Gasteiger partial charge on any atom is -0.0827 e. The van der Waals surface area contributed by atoms with Gasteiger partial charge in [-0.3, -0.25) is 0 Å². The van der Waals surface area contributed by atoms with E-state index < -0.39 is 12.9 Å². The van der Waals surface area contributed by atoms with Crippen LogP contribution in [-0.2, 0) is 6.42 Å². The van der Waals surface area contributed by atoms with Crippen LogP contribution in [0.5, 0.6) is 0 Å². The number of aryl methyl sites for hydroxylation is 1. The van der Waals surface area contributed by atoms with Crippen molar-refractivity contribution in [1.82, 2.24) is 0 Å². The summed E-state index contributed by atoms with van der Waals surface area (Å²) in [4.78, 5) is 0. The van der Waals surface area contributed by atoms with E-state index in [9.17, 15) is 0 Å². The van der Waals surface area contributed by atoms with Crippen LogP contribution in [0.15, 0.2) is 30.3 Å². The summed E-state index contributed by atoms with van der Waals surface area (Å²) in [5.41, 5.74) is 1.32. The number of hydrogen-bond acceptors (Lipinski definition) is 0. The zero-order valence-corrected chi connectivity index (χ0v) is 25.7. The molecule has 0 bridgehead atoms. The van der Waals surface area contributed by atoms with Crippen molar-refractivity contribution in [2.75, 3.05) is 0 Å². The van der Waals surface area contributed by atoms with Gasteiger partial charge in [-0.1, -0.05) is 174 Å². The first-order valence-electron chi connectivity index (χ1n) is 6.53. The Bertz CT molecular complexity index is 567. The van der Waals surface area contributed by atoms with Crippen molar-refractivity contribution in [3.63, 3.8) is 0 Å². The minimum absolute atomic E-state index is 0.249. The fraction of sp³-hybridized carbons (Fsp3) is 0.571. The zero-order valence-electron chi connectivity index (χ0n) is 11.4. The second-order valence-corrected chi connectivity index (χ2v) is 21.2. The molecule has 1 aromatic rings. The predicted octanol–water partition coefficient (Wildman–Crippen LogP) is 9.10. The summed E-state index contributed by atoms with van der Waals surface area (Å²) < 4.78 is -2.21. The van der Waals surface area contributed by atoms with Crippen LogP contribution in [0, 0.1) is 0 Å². The molecule has 0 aromatic heterocycles. The van der Waals surface area contributed by atoms with Crippen molar-refractivity contribution in [2.24, 2.45) is 0 Å². The topological polar surface area (TPSA) is 0 Å². The van der Waals surface area contributed by atoms with Gasteiger partial charge in [0.25, 0.3) is 0 Å². The highest BCUT2D eigenvalue weighted by molar-refractivity contribution is 9.34. The highest BCUT2D eigenvalue weighted by atomic mass is 79.9. The maximum absolute atomic E-state index is 4.02. The van der Waals surface area contributed by atoms with E-state index in [-0.39, 0.29) is 4.32 Å². The van der Waals surface area contributed by atoms with Gasteiger partial charge in [0.1, 0.15) is 12.9 Å². The normalized spacial score (nSPS) is 30.8. The summed E-state index contributed by atoms with van der Waals surface area (Å²) >= 11 is 34.8. The van der Waals surface area contributed by atoms with E-state index in [1.54, 1.807) is 0 Å². The molecule has 2 rings (SSSR count). The molecule has 0 amide bonds. The lowest BCUT2D eigenvalue weighted by molar-refractivity contribution is 0.383. The summed E-state index contributed by atoms with van der Waals surface area (Å²) in [6.07, 6.45) is 2.70. The molecule has 130 valence electrons. The van der Waals surface area contributed by atoms with Gasteiger partial charge in [0.15, 0.2) is 0 Å². The van der Waals surface area contributed by atoms with Crippen molar-refractivity contribution < 1.29 is 0 Å². The van der Waals surface area contributed by atoms with Crippen molar-refractivity contribution in [1.29, 1.82) is 0 Å². The van der Waals surface area contributed by atoms with Gasteiger partial charge in [-0.2, -0.15) is 0 Å². The molecule has 0 N–H and O–H groups in total. The molecule has 1 unspecified atom stereocenters. The van der Waals surface area contributed by atoms with E-state index in [1.807, 2.05) is 6.07 Å². The molecule has 9 heteroatoms.